The fraction of sp³-hybridized carbons (Fsp3) is 0.381. The fourth-order valence-corrected chi connectivity index (χ4v) is 4.34. The normalized spacial score (nSPS) is 16.1. The smallest absolute Gasteiger partial charge is 0.323 e. The Morgan fingerprint density at radius 2 is 1.59 bits per heavy atom. The van der Waals surface area contributed by atoms with Gasteiger partial charge in [0.2, 0.25) is 0 Å². The van der Waals surface area contributed by atoms with Gasteiger partial charge in [-0.1, -0.05) is 29.3 Å². The van der Waals surface area contributed by atoms with Crippen LogP contribution < -0.4 is 5.32 Å². The number of alkyl halides is 6. The van der Waals surface area contributed by atoms with Crippen molar-refractivity contribution in [2.75, 3.05) is 13.1 Å². The van der Waals surface area contributed by atoms with Gasteiger partial charge in [0.05, 0.1) is 32.2 Å². The summed E-state index contributed by atoms with van der Waals surface area (Å²) in [5.74, 6) is 0.540. The predicted molar refractivity (Wildman–Crippen MR) is 110 cm³/mol. The molecular weight excluding hydrogens is 479 g/mol. The van der Waals surface area contributed by atoms with Crippen LogP contribution in [0.5, 0.6) is 0 Å². The Kier molecular flexibility index (Phi) is 6.11. The van der Waals surface area contributed by atoms with E-state index < -0.39 is 23.5 Å². The van der Waals surface area contributed by atoms with Gasteiger partial charge in [-0.15, -0.1) is 0 Å². The van der Waals surface area contributed by atoms with Crippen molar-refractivity contribution in [3.8, 4) is 0 Å². The number of imidazole rings is 1. The molecule has 2 aromatic carbocycles. The van der Waals surface area contributed by atoms with Crippen LogP contribution in [0, 0.1) is 0 Å². The lowest BCUT2D eigenvalue weighted by molar-refractivity contribution is -0.143. The molecule has 0 atom stereocenters. The molecule has 2 heterocycles. The maximum absolute atomic E-state index is 13.7. The quantitative estimate of drug-likeness (QED) is 0.400. The van der Waals surface area contributed by atoms with Gasteiger partial charge in [0, 0.05) is 12.5 Å². The molecule has 172 valence electrons. The molecule has 0 spiro atoms. The van der Waals surface area contributed by atoms with Crippen LogP contribution in [0.1, 0.15) is 41.3 Å². The highest BCUT2D eigenvalue weighted by atomic mass is 35.5. The Morgan fingerprint density at radius 1 is 0.938 bits per heavy atom. The lowest BCUT2D eigenvalue weighted by Gasteiger charge is -2.24. The highest BCUT2D eigenvalue weighted by Gasteiger charge is 2.38. The van der Waals surface area contributed by atoms with Gasteiger partial charge in [-0.25, -0.2) is 4.98 Å². The fourth-order valence-electron chi connectivity index (χ4n) is 4.02. The second kappa shape index (κ2) is 8.43. The van der Waals surface area contributed by atoms with Crippen LogP contribution in [0.3, 0.4) is 0 Å². The zero-order valence-corrected chi connectivity index (χ0v) is 17.9. The molecule has 32 heavy (non-hydrogen) atoms. The second-order valence-electron chi connectivity index (χ2n) is 7.70. The van der Waals surface area contributed by atoms with E-state index in [1.807, 2.05) is 0 Å². The Labute approximate surface area is 189 Å². The minimum Gasteiger partial charge on any atom is -0.323 e. The molecular formula is C21H17Cl2F6N3. The number of rotatable bonds is 3. The molecule has 1 fully saturated rings. The third-order valence-electron chi connectivity index (χ3n) is 5.60. The average Bonchev–Trinajstić information content (AvgIpc) is 3.05. The molecule has 1 aromatic heterocycles. The van der Waals surface area contributed by atoms with Crippen LogP contribution in [0.4, 0.5) is 26.3 Å². The van der Waals surface area contributed by atoms with Crippen LogP contribution in [0.2, 0.25) is 10.0 Å². The molecule has 0 amide bonds. The van der Waals surface area contributed by atoms with Crippen molar-refractivity contribution in [3.63, 3.8) is 0 Å². The zero-order valence-electron chi connectivity index (χ0n) is 16.4. The van der Waals surface area contributed by atoms with Crippen LogP contribution in [-0.4, -0.2) is 22.6 Å². The van der Waals surface area contributed by atoms with Crippen LogP contribution >= 0.6 is 23.2 Å². The van der Waals surface area contributed by atoms with E-state index in [-0.39, 0.29) is 34.1 Å². The maximum atomic E-state index is 13.7. The van der Waals surface area contributed by atoms with Crippen LogP contribution in [-0.2, 0) is 18.9 Å². The molecule has 0 bridgehead atoms. The summed E-state index contributed by atoms with van der Waals surface area (Å²) in [6, 6.07) is 4.76. The largest absolute Gasteiger partial charge is 0.416 e. The van der Waals surface area contributed by atoms with E-state index in [0.717, 1.165) is 32.0 Å². The molecule has 0 radical (unpaired) electrons. The van der Waals surface area contributed by atoms with Gasteiger partial charge in [0.15, 0.2) is 0 Å². The summed E-state index contributed by atoms with van der Waals surface area (Å²) in [6.45, 7) is 1.15. The van der Waals surface area contributed by atoms with E-state index in [0.29, 0.717) is 22.9 Å². The van der Waals surface area contributed by atoms with Crippen molar-refractivity contribution in [3.05, 3.63) is 62.9 Å². The number of hydrogen-bond acceptors (Lipinski definition) is 2. The number of piperidine rings is 1. The number of fused-ring (bicyclic) bond motifs is 1. The van der Waals surface area contributed by atoms with Crippen LogP contribution in [0.15, 0.2) is 30.3 Å². The first-order chi connectivity index (χ1) is 14.9. The van der Waals surface area contributed by atoms with E-state index in [1.165, 1.54) is 12.1 Å². The molecule has 0 aliphatic carbocycles. The third-order valence-corrected chi connectivity index (χ3v) is 6.32. The second-order valence-corrected chi connectivity index (χ2v) is 8.52. The van der Waals surface area contributed by atoms with Gasteiger partial charge >= 0.3 is 12.4 Å². The van der Waals surface area contributed by atoms with Gasteiger partial charge in [-0.05, 0) is 55.8 Å². The molecule has 0 unspecified atom stereocenters. The van der Waals surface area contributed by atoms with Gasteiger partial charge < -0.3 is 9.88 Å². The first-order valence-corrected chi connectivity index (χ1v) is 10.5. The van der Waals surface area contributed by atoms with E-state index in [1.54, 1.807) is 4.57 Å². The SMILES string of the molecule is FC(F)(F)c1ccc(Cn2c(C3CCNCC3)nc3cc(Cl)c(Cl)cc32)c(C(F)(F)F)c1. The predicted octanol–water partition coefficient (Wildman–Crippen LogP) is 6.90. The maximum Gasteiger partial charge on any atom is 0.416 e. The standard InChI is InChI=1S/C21H17Cl2F6N3/c22-15-8-17-18(9-16(15)23)32(19(31-17)11-3-5-30-6-4-11)10-12-1-2-13(20(24,25)26)7-14(12)21(27,28)29/h1-2,7-9,11,30H,3-6,10H2. The first kappa shape index (κ1) is 23.2. The van der Waals surface area contributed by atoms with Gasteiger partial charge in [-0.3, -0.25) is 0 Å². The molecule has 0 saturated carbocycles. The van der Waals surface area contributed by atoms with E-state index in [2.05, 4.69) is 10.3 Å². The Balaban J connectivity index is 1.87. The molecule has 1 saturated heterocycles. The number of halogens is 8. The first-order valence-electron chi connectivity index (χ1n) is 9.78. The van der Waals surface area contributed by atoms with Crippen molar-refractivity contribution in [1.29, 1.82) is 0 Å². The Hall–Kier alpha value is -1.97. The summed E-state index contributed by atoms with van der Waals surface area (Å²) in [4.78, 5) is 4.61. The topological polar surface area (TPSA) is 29.9 Å². The lowest BCUT2D eigenvalue weighted by atomic mass is 9.97. The number of benzene rings is 2. The summed E-state index contributed by atoms with van der Waals surface area (Å²) in [5.41, 5.74) is -2.02. The van der Waals surface area contributed by atoms with Crippen molar-refractivity contribution in [2.45, 2.75) is 37.7 Å². The molecule has 1 aliphatic heterocycles. The van der Waals surface area contributed by atoms with Crippen molar-refractivity contribution < 1.29 is 26.3 Å². The number of nitrogens with zero attached hydrogens (tertiary/aromatic N) is 2. The van der Waals surface area contributed by atoms with Crippen molar-refractivity contribution in [2.24, 2.45) is 0 Å². The molecule has 3 aromatic rings. The Morgan fingerprint density at radius 3 is 2.22 bits per heavy atom. The van der Waals surface area contributed by atoms with Crippen molar-refractivity contribution >= 4 is 34.2 Å². The number of aromatic nitrogens is 2. The number of nitrogens with one attached hydrogen (secondary N) is 1. The average molecular weight is 496 g/mol. The van der Waals surface area contributed by atoms with Crippen molar-refractivity contribution in [1.82, 2.24) is 14.9 Å². The highest BCUT2D eigenvalue weighted by Crippen LogP contribution is 2.39. The summed E-state index contributed by atoms with van der Waals surface area (Å²) >= 11 is 12.2. The molecule has 1 N–H and O–H groups in total. The lowest BCUT2D eigenvalue weighted by Crippen LogP contribution is -2.28. The molecule has 3 nitrogen and oxygen atoms in total. The monoisotopic (exact) mass is 495 g/mol. The van der Waals surface area contributed by atoms with Gasteiger partial charge in [0.1, 0.15) is 5.82 Å². The van der Waals surface area contributed by atoms with Gasteiger partial charge in [0.25, 0.3) is 0 Å². The minimum absolute atomic E-state index is 0.0232. The number of hydrogen-bond donors (Lipinski definition) is 1. The zero-order chi connectivity index (χ0) is 23.3. The summed E-state index contributed by atoms with van der Waals surface area (Å²) in [5, 5.41) is 3.69. The van der Waals surface area contributed by atoms with E-state index >= 15 is 0 Å². The summed E-state index contributed by atoms with van der Waals surface area (Å²) < 4.78 is 81.8. The molecule has 4 rings (SSSR count). The van der Waals surface area contributed by atoms with Crippen LogP contribution in [0.25, 0.3) is 11.0 Å². The third kappa shape index (κ3) is 4.56. The van der Waals surface area contributed by atoms with E-state index in [4.69, 9.17) is 23.2 Å². The van der Waals surface area contributed by atoms with Gasteiger partial charge in [-0.2, -0.15) is 26.3 Å². The molecule has 1 aliphatic rings. The minimum atomic E-state index is -4.96. The summed E-state index contributed by atoms with van der Waals surface area (Å²) in [6.07, 6.45) is -8.39. The summed E-state index contributed by atoms with van der Waals surface area (Å²) in [7, 11) is 0. The highest BCUT2D eigenvalue weighted by molar-refractivity contribution is 6.42. The molecule has 11 heteroatoms. The Bertz CT molecular complexity index is 1150. The van der Waals surface area contributed by atoms with E-state index in [9.17, 15) is 26.3 Å².